The molecule has 0 radical (unpaired) electrons. The number of carbonyl (C=O) groups is 2. The molecule has 1 heterocycles. The second-order valence-electron chi connectivity index (χ2n) is 10.3. The Balaban J connectivity index is 1.36. The van der Waals surface area contributed by atoms with Crippen LogP contribution in [-0.2, 0) is 4.79 Å². The average molecular weight is 523 g/mol. The normalized spacial score (nSPS) is 31.9. The van der Waals surface area contributed by atoms with E-state index >= 15 is 8.78 Å². The van der Waals surface area contributed by atoms with Crippen LogP contribution >= 0.6 is 11.6 Å². The van der Waals surface area contributed by atoms with Gasteiger partial charge in [0.15, 0.2) is 0 Å². The number of hydrogen-bond donors (Lipinski definition) is 3. The van der Waals surface area contributed by atoms with Crippen LogP contribution in [-0.4, -0.2) is 44.7 Å². The van der Waals surface area contributed by atoms with Gasteiger partial charge in [0.2, 0.25) is 5.91 Å². The number of nitrogens with one attached hydrogen (secondary N) is 2. The van der Waals surface area contributed by atoms with Crippen molar-refractivity contribution in [3.63, 3.8) is 0 Å². The molecule has 3 saturated carbocycles. The number of rotatable bonds is 6. The third-order valence-electron chi connectivity index (χ3n) is 8.12. The van der Waals surface area contributed by atoms with Gasteiger partial charge in [0.1, 0.15) is 23.6 Å². The van der Waals surface area contributed by atoms with Crippen molar-refractivity contribution in [1.29, 1.82) is 0 Å². The van der Waals surface area contributed by atoms with Crippen LogP contribution in [0, 0.1) is 23.0 Å². The Hall–Kier alpha value is -2.72. The van der Waals surface area contributed by atoms with Gasteiger partial charge in [-0.05, 0) is 62.5 Å². The Labute approximate surface area is 210 Å². The highest BCUT2D eigenvalue weighted by molar-refractivity contribution is 6.30. The van der Waals surface area contributed by atoms with Crippen molar-refractivity contribution in [2.24, 2.45) is 11.3 Å². The van der Waals surface area contributed by atoms with Crippen LogP contribution in [0.5, 0.6) is 0 Å². The number of fused-ring (bicyclic) bond motifs is 2. The zero-order chi connectivity index (χ0) is 25.7. The van der Waals surface area contributed by atoms with Crippen LogP contribution in [0.2, 0.25) is 5.02 Å². The van der Waals surface area contributed by atoms with Crippen LogP contribution in [0.25, 0.3) is 0 Å². The SMILES string of the molecule is O=C(N[C@H]1C[C@H](C(=O)N[C@H](c2c(F)ccc(Cl)c2F)C23CCC(F)(CC2)C3)C[C@H]1O)c1cncnc1. The van der Waals surface area contributed by atoms with Crippen molar-refractivity contribution in [1.82, 2.24) is 20.6 Å². The van der Waals surface area contributed by atoms with Gasteiger partial charge < -0.3 is 15.7 Å². The number of benzene rings is 1. The number of nitrogens with zero attached hydrogens (tertiary/aromatic N) is 2. The second-order valence-corrected chi connectivity index (χ2v) is 10.7. The molecular formula is C25H26ClF3N4O3. The van der Waals surface area contributed by atoms with Gasteiger partial charge in [-0.1, -0.05) is 11.6 Å². The van der Waals surface area contributed by atoms with Gasteiger partial charge in [0.25, 0.3) is 5.91 Å². The van der Waals surface area contributed by atoms with E-state index in [1.807, 2.05) is 0 Å². The smallest absolute Gasteiger partial charge is 0.254 e. The molecule has 7 nitrogen and oxygen atoms in total. The zero-order valence-electron chi connectivity index (χ0n) is 19.3. The molecule has 2 amide bonds. The second kappa shape index (κ2) is 9.30. The molecule has 2 aromatic rings. The summed E-state index contributed by atoms with van der Waals surface area (Å²) in [5.41, 5.74) is -2.40. The van der Waals surface area contributed by atoms with Crippen molar-refractivity contribution in [2.45, 2.75) is 68.8 Å². The molecule has 0 unspecified atom stereocenters. The summed E-state index contributed by atoms with van der Waals surface area (Å²) < 4.78 is 45.2. The van der Waals surface area contributed by atoms with Gasteiger partial charge in [-0.15, -0.1) is 0 Å². The van der Waals surface area contributed by atoms with Crippen molar-refractivity contribution < 1.29 is 27.9 Å². The number of amides is 2. The predicted octanol–water partition coefficient (Wildman–Crippen LogP) is 3.81. The molecule has 3 aliphatic rings. The molecule has 0 aliphatic heterocycles. The number of halogens is 4. The van der Waals surface area contributed by atoms with E-state index in [-0.39, 0.29) is 48.3 Å². The Morgan fingerprint density at radius 1 is 1.11 bits per heavy atom. The highest BCUT2D eigenvalue weighted by Gasteiger charge is 2.59. The number of aliphatic hydroxyl groups excluding tert-OH is 1. The van der Waals surface area contributed by atoms with Crippen LogP contribution in [0.3, 0.4) is 0 Å². The molecule has 0 spiro atoms. The number of alkyl halides is 1. The van der Waals surface area contributed by atoms with Gasteiger partial charge in [0, 0.05) is 23.9 Å². The lowest BCUT2D eigenvalue weighted by atomic mass is 9.74. The predicted molar refractivity (Wildman–Crippen MR) is 124 cm³/mol. The lowest BCUT2D eigenvalue weighted by molar-refractivity contribution is -0.127. The van der Waals surface area contributed by atoms with E-state index in [9.17, 15) is 19.1 Å². The van der Waals surface area contributed by atoms with Crippen molar-refractivity contribution >= 4 is 23.4 Å². The molecule has 3 N–H and O–H groups in total. The first kappa shape index (κ1) is 25.0. The first-order valence-corrected chi connectivity index (χ1v) is 12.4. The van der Waals surface area contributed by atoms with Crippen LogP contribution in [0.4, 0.5) is 13.2 Å². The van der Waals surface area contributed by atoms with Gasteiger partial charge in [-0.2, -0.15) is 0 Å². The fourth-order valence-electron chi connectivity index (χ4n) is 6.22. The molecule has 11 heteroatoms. The fraction of sp³-hybridized carbons (Fsp3) is 0.520. The Bertz CT molecular complexity index is 1180. The minimum Gasteiger partial charge on any atom is -0.391 e. The minimum absolute atomic E-state index is 0.0509. The maximum atomic E-state index is 15.1. The van der Waals surface area contributed by atoms with Gasteiger partial charge in [0.05, 0.1) is 28.8 Å². The molecule has 192 valence electrons. The first-order chi connectivity index (χ1) is 17.1. The summed E-state index contributed by atoms with van der Waals surface area (Å²) in [5.74, 6) is -3.56. The monoisotopic (exact) mass is 522 g/mol. The third-order valence-corrected chi connectivity index (χ3v) is 8.41. The summed E-state index contributed by atoms with van der Waals surface area (Å²) in [6.45, 7) is 0. The molecule has 4 atom stereocenters. The van der Waals surface area contributed by atoms with E-state index in [1.54, 1.807) is 0 Å². The van der Waals surface area contributed by atoms with E-state index in [4.69, 9.17) is 11.6 Å². The molecule has 2 bridgehead atoms. The summed E-state index contributed by atoms with van der Waals surface area (Å²) in [6, 6.07) is 0.326. The molecule has 36 heavy (non-hydrogen) atoms. The van der Waals surface area contributed by atoms with Gasteiger partial charge in [-0.25, -0.2) is 23.1 Å². The van der Waals surface area contributed by atoms with Crippen molar-refractivity contribution in [3.05, 3.63) is 58.6 Å². The van der Waals surface area contributed by atoms with E-state index in [0.29, 0.717) is 12.8 Å². The van der Waals surface area contributed by atoms with E-state index in [2.05, 4.69) is 20.6 Å². The van der Waals surface area contributed by atoms with E-state index in [0.717, 1.165) is 12.1 Å². The maximum absolute atomic E-state index is 15.1. The number of aromatic nitrogens is 2. The van der Waals surface area contributed by atoms with E-state index in [1.165, 1.54) is 18.7 Å². The third kappa shape index (κ3) is 4.45. The number of aliphatic hydroxyl groups is 1. The highest BCUT2D eigenvalue weighted by atomic mass is 35.5. The summed E-state index contributed by atoms with van der Waals surface area (Å²) in [6.07, 6.45) is 4.52. The summed E-state index contributed by atoms with van der Waals surface area (Å²) >= 11 is 5.95. The van der Waals surface area contributed by atoms with Gasteiger partial charge >= 0.3 is 0 Å². The van der Waals surface area contributed by atoms with Crippen molar-refractivity contribution in [3.8, 4) is 0 Å². The molecule has 3 aliphatic carbocycles. The zero-order valence-corrected chi connectivity index (χ0v) is 20.1. The standard InChI is InChI=1S/C25H26ClF3N4O3/c26-15-1-2-16(27)19(20(15)28)21(24-3-5-25(29,11-24)6-4-24)33-22(35)13-7-17(18(34)8-13)32-23(36)14-9-30-12-31-10-14/h1-2,9-10,12-13,17-18,21,34H,3-8,11H2,(H,32,36)(H,33,35)/t13-,17-,18+,21+,24?,25?/m0/s1. The quantitative estimate of drug-likeness (QED) is 0.501. The molecule has 5 rings (SSSR count). The molecule has 1 aromatic heterocycles. The highest BCUT2D eigenvalue weighted by Crippen LogP contribution is 2.63. The van der Waals surface area contributed by atoms with Crippen LogP contribution in [0.1, 0.15) is 66.9 Å². The number of hydrogen-bond acceptors (Lipinski definition) is 5. The van der Waals surface area contributed by atoms with Crippen LogP contribution < -0.4 is 10.6 Å². The Morgan fingerprint density at radius 2 is 1.81 bits per heavy atom. The lowest BCUT2D eigenvalue weighted by Crippen LogP contribution is -2.43. The summed E-state index contributed by atoms with van der Waals surface area (Å²) in [5, 5.41) is 15.7. The average Bonchev–Trinajstić information content (AvgIpc) is 3.52. The molecule has 1 aromatic carbocycles. The number of carbonyl (C=O) groups excluding carboxylic acids is 2. The minimum atomic E-state index is -1.41. The topological polar surface area (TPSA) is 104 Å². The summed E-state index contributed by atoms with van der Waals surface area (Å²) in [4.78, 5) is 33.4. The van der Waals surface area contributed by atoms with Crippen LogP contribution in [0.15, 0.2) is 30.9 Å². The lowest BCUT2D eigenvalue weighted by Gasteiger charge is -2.37. The largest absolute Gasteiger partial charge is 0.391 e. The first-order valence-electron chi connectivity index (χ1n) is 12.0. The van der Waals surface area contributed by atoms with E-state index < -0.39 is 58.6 Å². The Morgan fingerprint density at radius 3 is 2.44 bits per heavy atom. The Kier molecular flexibility index (Phi) is 6.45. The van der Waals surface area contributed by atoms with Crippen molar-refractivity contribution in [2.75, 3.05) is 0 Å². The molecular weight excluding hydrogens is 497 g/mol. The molecule has 3 fully saturated rings. The van der Waals surface area contributed by atoms with Gasteiger partial charge in [-0.3, -0.25) is 9.59 Å². The fourth-order valence-corrected chi connectivity index (χ4v) is 6.39. The maximum Gasteiger partial charge on any atom is 0.254 e. The summed E-state index contributed by atoms with van der Waals surface area (Å²) in [7, 11) is 0. The molecule has 0 saturated heterocycles.